The minimum Gasteiger partial charge on any atom is -0.392 e. The Hall–Kier alpha value is -0.520. The number of aliphatic hydroxyl groups is 1. The highest BCUT2D eigenvalue weighted by Crippen LogP contribution is 2.02. The Bertz CT molecular complexity index is 201. The Morgan fingerprint density at radius 2 is 2.00 bits per heavy atom. The first kappa shape index (κ1) is 17.5. The molecule has 0 aliphatic heterocycles. The largest absolute Gasteiger partial charge is 0.392 e. The topological polar surface area (TPSA) is 62.1 Å². The molecule has 18 heavy (non-hydrogen) atoms. The Morgan fingerprint density at radius 3 is 2.50 bits per heavy atom. The van der Waals surface area contributed by atoms with E-state index in [1.807, 2.05) is 0 Å². The van der Waals surface area contributed by atoms with Gasteiger partial charge in [0, 0.05) is 19.7 Å². The zero-order chi connectivity index (χ0) is 13.8. The van der Waals surface area contributed by atoms with Crippen molar-refractivity contribution in [3.8, 4) is 0 Å². The van der Waals surface area contributed by atoms with Crippen LogP contribution in [0.5, 0.6) is 0 Å². The minimum absolute atomic E-state index is 0.341. The molecule has 0 aromatic carbocycles. The van der Waals surface area contributed by atoms with E-state index in [4.69, 9.17) is 4.74 Å². The summed E-state index contributed by atoms with van der Waals surface area (Å²) in [5, 5.41) is 12.5. The first-order chi connectivity index (χ1) is 8.63. The van der Waals surface area contributed by atoms with E-state index in [0.717, 1.165) is 25.8 Å². The summed E-state index contributed by atoms with van der Waals surface area (Å²) in [5.74, 6) is 0. The van der Waals surface area contributed by atoms with Crippen molar-refractivity contribution >= 4 is 0 Å². The van der Waals surface area contributed by atoms with E-state index in [1.54, 1.807) is 6.92 Å². The lowest BCUT2D eigenvalue weighted by Crippen LogP contribution is -2.38. The Kier molecular flexibility index (Phi) is 11.2. The number of hydrogen-bond donors (Lipinski definition) is 1. The summed E-state index contributed by atoms with van der Waals surface area (Å²) in [5.41, 5.74) is 0. The lowest BCUT2D eigenvalue weighted by Gasteiger charge is -2.25. The molecule has 0 fully saturated rings. The van der Waals surface area contributed by atoms with Crippen LogP contribution in [-0.2, 0) is 4.74 Å². The molecule has 5 nitrogen and oxygen atoms in total. The van der Waals surface area contributed by atoms with Crippen LogP contribution in [0.25, 0.3) is 0 Å². The third-order valence-electron chi connectivity index (χ3n) is 2.63. The third-order valence-corrected chi connectivity index (χ3v) is 2.63. The van der Waals surface area contributed by atoms with Crippen LogP contribution in [-0.4, -0.2) is 55.0 Å². The van der Waals surface area contributed by atoms with Gasteiger partial charge in [-0.1, -0.05) is 25.4 Å². The molecule has 108 valence electrons. The predicted molar refractivity (Wildman–Crippen MR) is 73.7 cm³/mol. The summed E-state index contributed by atoms with van der Waals surface area (Å²) in [6, 6.07) is -0.341. The van der Waals surface area contributed by atoms with Gasteiger partial charge < -0.3 is 9.84 Å². The molecule has 0 radical (unpaired) electrons. The number of rotatable bonds is 12. The van der Waals surface area contributed by atoms with Gasteiger partial charge in [-0.15, -0.1) is 0 Å². The molecule has 5 heteroatoms. The van der Waals surface area contributed by atoms with Gasteiger partial charge in [0.2, 0.25) is 0 Å². The van der Waals surface area contributed by atoms with Crippen LogP contribution in [0, 0.1) is 4.91 Å². The molecule has 0 aliphatic carbocycles. The molecule has 1 N–H and O–H groups in total. The second kappa shape index (κ2) is 11.6. The molecule has 0 aromatic rings. The normalized spacial score (nSPS) is 14.7. The molecule has 0 saturated carbocycles. The minimum atomic E-state index is -0.384. The maximum absolute atomic E-state index is 10.8. The average molecular weight is 260 g/mol. The van der Waals surface area contributed by atoms with Crippen molar-refractivity contribution in [2.75, 3.05) is 32.8 Å². The van der Waals surface area contributed by atoms with Crippen LogP contribution in [0.2, 0.25) is 0 Å². The number of aliphatic hydroxyl groups excluding tert-OH is 1. The summed E-state index contributed by atoms with van der Waals surface area (Å²) >= 11 is 0. The van der Waals surface area contributed by atoms with Crippen LogP contribution >= 0.6 is 0 Å². The summed E-state index contributed by atoms with van der Waals surface area (Å²) in [7, 11) is 0. The van der Waals surface area contributed by atoms with E-state index in [9.17, 15) is 10.0 Å². The number of nitrogens with zero attached hydrogens (tertiary/aromatic N) is 2. The Labute approximate surface area is 110 Å². The molecule has 0 heterocycles. The predicted octanol–water partition coefficient (Wildman–Crippen LogP) is 2.03. The van der Waals surface area contributed by atoms with E-state index >= 15 is 0 Å². The van der Waals surface area contributed by atoms with Crippen LogP contribution in [0.1, 0.15) is 40.0 Å². The van der Waals surface area contributed by atoms with Crippen molar-refractivity contribution in [1.29, 1.82) is 0 Å². The van der Waals surface area contributed by atoms with E-state index in [-0.39, 0.29) is 12.1 Å². The first-order valence-corrected chi connectivity index (χ1v) is 6.94. The third kappa shape index (κ3) is 9.50. The van der Waals surface area contributed by atoms with Gasteiger partial charge in [-0.2, -0.15) is 4.91 Å². The van der Waals surface area contributed by atoms with Crippen molar-refractivity contribution in [3.05, 3.63) is 4.91 Å². The van der Waals surface area contributed by atoms with Crippen LogP contribution in [0.15, 0.2) is 5.18 Å². The van der Waals surface area contributed by atoms with Gasteiger partial charge in [-0.05, 0) is 26.3 Å². The highest BCUT2D eigenvalue weighted by molar-refractivity contribution is 4.72. The maximum atomic E-state index is 10.8. The Morgan fingerprint density at radius 1 is 1.28 bits per heavy atom. The van der Waals surface area contributed by atoms with Crippen molar-refractivity contribution in [3.63, 3.8) is 0 Å². The molecule has 0 aromatic heterocycles. The van der Waals surface area contributed by atoms with Crippen LogP contribution in [0.4, 0.5) is 0 Å². The lowest BCUT2D eigenvalue weighted by atomic mass is 10.2. The second-order valence-corrected chi connectivity index (χ2v) is 4.80. The van der Waals surface area contributed by atoms with Gasteiger partial charge in [0.25, 0.3) is 0 Å². The van der Waals surface area contributed by atoms with Gasteiger partial charge >= 0.3 is 0 Å². The van der Waals surface area contributed by atoms with E-state index < -0.39 is 0 Å². The monoisotopic (exact) mass is 260 g/mol. The zero-order valence-electron chi connectivity index (χ0n) is 12.0. The molecule has 0 bridgehead atoms. The fourth-order valence-electron chi connectivity index (χ4n) is 1.83. The first-order valence-electron chi connectivity index (χ1n) is 6.94. The summed E-state index contributed by atoms with van der Waals surface area (Å²) in [6.07, 6.45) is 2.71. The summed E-state index contributed by atoms with van der Waals surface area (Å²) < 4.78 is 5.43. The van der Waals surface area contributed by atoms with E-state index in [2.05, 4.69) is 23.9 Å². The highest BCUT2D eigenvalue weighted by atomic mass is 16.5. The van der Waals surface area contributed by atoms with Gasteiger partial charge in [0.05, 0.1) is 12.7 Å². The summed E-state index contributed by atoms with van der Waals surface area (Å²) in [4.78, 5) is 12.8. The van der Waals surface area contributed by atoms with Crippen LogP contribution in [0.3, 0.4) is 0 Å². The van der Waals surface area contributed by atoms with Gasteiger partial charge in [0.1, 0.15) is 6.04 Å². The second-order valence-electron chi connectivity index (χ2n) is 4.80. The van der Waals surface area contributed by atoms with Gasteiger partial charge in [0.15, 0.2) is 0 Å². The zero-order valence-corrected chi connectivity index (χ0v) is 12.0. The molecular formula is C13H28N2O3. The van der Waals surface area contributed by atoms with E-state index in [1.165, 1.54) is 0 Å². The molecule has 2 unspecified atom stereocenters. The lowest BCUT2D eigenvalue weighted by molar-refractivity contribution is 0.0874. The Balaban J connectivity index is 3.99. The van der Waals surface area contributed by atoms with Crippen molar-refractivity contribution in [1.82, 2.24) is 4.90 Å². The number of nitroso groups, excluding NO2 is 1. The SMILES string of the molecule is CCCCOCC(CN(CCC)CC(C)O)N=O. The number of ether oxygens (including phenoxy) is 1. The van der Waals surface area contributed by atoms with Gasteiger partial charge in [-0.3, -0.25) is 4.90 Å². The molecule has 0 saturated heterocycles. The fourth-order valence-corrected chi connectivity index (χ4v) is 1.83. The quantitative estimate of drug-likeness (QED) is 0.431. The standard InChI is InChI=1S/C13H28N2O3/c1-4-6-8-18-11-13(14-17)10-15(7-5-2)9-12(3)16/h12-13,16H,4-11H2,1-3H3. The average Bonchev–Trinajstić information content (AvgIpc) is 2.32. The van der Waals surface area contributed by atoms with Crippen LogP contribution < -0.4 is 0 Å². The van der Waals surface area contributed by atoms with Gasteiger partial charge in [-0.25, -0.2) is 0 Å². The highest BCUT2D eigenvalue weighted by Gasteiger charge is 2.15. The fraction of sp³-hybridized carbons (Fsp3) is 1.00. The molecule has 0 amide bonds. The van der Waals surface area contributed by atoms with Crippen molar-refractivity contribution < 1.29 is 9.84 Å². The maximum Gasteiger partial charge on any atom is 0.128 e. The number of hydrogen-bond acceptors (Lipinski definition) is 5. The molecule has 0 aliphatic rings. The molecule has 2 atom stereocenters. The van der Waals surface area contributed by atoms with Crippen molar-refractivity contribution in [2.24, 2.45) is 5.18 Å². The van der Waals surface area contributed by atoms with Crippen molar-refractivity contribution in [2.45, 2.75) is 52.2 Å². The molecule has 0 rings (SSSR count). The van der Waals surface area contributed by atoms with E-state index in [0.29, 0.717) is 26.3 Å². The molecule has 0 spiro atoms. The number of unbranched alkanes of at least 4 members (excludes halogenated alkanes) is 1. The smallest absolute Gasteiger partial charge is 0.128 e. The summed E-state index contributed by atoms with van der Waals surface area (Å²) in [6.45, 7) is 9.01. The molecular weight excluding hydrogens is 232 g/mol.